The number of benzene rings is 1. The first-order valence-corrected chi connectivity index (χ1v) is 8.97. The number of ether oxygens (including phenoxy) is 1. The van der Waals surface area contributed by atoms with Crippen LogP contribution in [-0.4, -0.2) is 26.7 Å². The number of hydrogen-bond acceptors (Lipinski definition) is 4. The summed E-state index contributed by atoms with van der Waals surface area (Å²) in [6.45, 7) is 7.35. The number of rotatable bonds is 8. The molecule has 0 atom stereocenters. The van der Waals surface area contributed by atoms with E-state index in [-0.39, 0.29) is 0 Å². The molecule has 0 aliphatic carbocycles. The summed E-state index contributed by atoms with van der Waals surface area (Å²) in [4.78, 5) is 6.57. The average Bonchev–Trinajstić information content (AvgIpc) is 3.01. The Labute approximate surface area is 155 Å². The number of aryl methyl sites for hydroxylation is 2. The van der Waals surface area contributed by atoms with Gasteiger partial charge in [0.15, 0.2) is 0 Å². The fraction of sp³-hybridized carbons (Fsp3) is 0.333. The minimum Gasteiger partial charge on any atom is -0.487 e. The molecular formula is C21H26N4O. The molecule has 3 aromatic rings. The molecule has 3 rings (SSSR count). The van der Waals surface area contributed by atoms with Gasteiger partial charge in [0.25, 0.3) is 0 Å². The third-order valence-electron chi connectivity index (χ3n) is 4.30. The van der Waals surface area contributed by atoms with Crippen molar-refractivity contribution in [2.75, 3.05) is 7.05 Å². The molecule has 26 heavy (non-hydrogen) atoms. The monoisotopic (exact) mass is 350 g/mol. The summed E-state index contributed by atoms with van der Waals surface area (Å²) in [6.07, 6.45) is 3.92. The van der Waals surface area contributed by atoms with Crippen LogP contribution in [0.2, 0.25) is 0 Å². The lowest BCUT2D eigenvalue weighted by Gasteiger charge is -2.16. The maximum absolute atomic E-state index is 5.79. The van der Waals surface area contributed by atoms with Gasteiger partial charge in [-0.15, -0.1) is 0 Å². The van der Waals surface area contributed by atoms with Gasteiger partial charge in [0, 0.05) is 37.6 Å². The molecule has 5 heteroatoms. The molecule has 1 aromatic carbocycles. The van der Waals surface area contributed by atoms with E-state index in [0.717, 1.165) is 36.8 Å². The van der Waals surface area contributed by atoms with Crippen LogP contribution in [0.1, 0.15) is 29.4 Å². The molecule has 0 fully saturated rings. The first-order chi connectivity index (χ1) is 12.6. The van der Waals surface area contributed by atoms with Crippen LogP contribution in [0.3, 0.4) is 0 Å². The van der Waals surface area contributed by atoms with Crippen molar-refractivity contribution >= 4 is 0 Å². The summed E-state index contributed by atoms with van der Waals surface area (Å²) in [5.41, 5.74) is 4.58. The Morgan fingerprint density at radius 1 is 1.08 bits per heavy atom. The topological polar surface area (TPSA) is 43.2 Å². The highest BCUT2D eigenvalue weighted by Gasteiger charge is 2.08. The molecule has 0 N–H and O–H groups in total. The molecule has 2 heterocycles. The van der Waals surface area contributed by atoms with E-state index in [1.807, 2.05) is 35.0 Å². The fourth-order valence-corrected chi connectivity index (χ4v) is 2.87. The normalized spacial score (nSPS) is 11.1. The SMILES string of the molecule is CCn1cc(CN(C)Cc2ccc(OCc3ccccn3)cc2)c(C)n1. The van der Waals surface area contributed by atoms with Crippen LogP contribution in [0.25, 0.3) is 0 Å². The van der Waals surface area contributed by atoms with Crippen LogP contribution in [0.4, 0.5) is 0 Å². The molecule has 0 saturated carbocycles. The second-order valence-electron chi connectivity index (χ2n) is 6.52. The zero-order valence-corrected chi connectivity index (χ0v) is 15.7. The van der Waals surface area contributed by atoms with E-state index in [0.29, 0.717) is 6.61 Å². The quantitative estimate of drug-likeness (QED) is 0.619. The lowest BCUT2D eigenvalue weighted by molar-refractivity contribution is 0.300. The molecule has 2 aromatic heterocycles. The Bertz CT molecular complexity index is 812. The van der Waals surface area contributed by atoms with Crippen molar-refractivity contribution in [2.45, 2.75) is 40.1 Å². The molecule has 0 radical (unpaired) electrons. The van der Waals surface area contributed by atoms with E-state index < -0.39 is 0 Å². The lowest BCUT2D eigenvalue weighted by atomic mass is 10.2. The number of aromatic nitrogens is 3. The molecule has 5 nitrogen and oxygen atoms in total. The summed E-state index contributed by atoms with van der Waals surface area (Å²) in [7, 11) is 2.13. The van der Waals surface area contributed by atoms with Crippen LogP contribution in [0, 0.1) is 6.92 Å². The fourth-order valence-electron chi connectivity index (χ4n) is 2.87. The van der Waals surface area contributed by atoms with Crippen LogP contribution in [0.5, 0.6) is 5.75 Å². The van der Waals surface area contributed by atoms with Crippen molar-refractivity contribution < 1.29 is 4.74 Å². The Morgan fingerprint density at radius 2 is 1.88 bits per heavy atom. The maximum atomic E-state index is 5.79. The molecule has 136 valence electrons. The summed E-state index contributed by atoms with van der Waals surface area (Å²) in [6, 6.07) is 14.1. The number of pyridine rings is 1. The minimum absolute atomic E-state index is 0.487. The highest BCUT2D eigenvalue weighted by atomic mass is 16.5. The Hall–Kier alpha value is -2.66. The minimum atomic E-state index is 0.487. The average molecular weight is 350 g/mol. The molecular weight excluding hydrogens is 324 g/mol. The maximum Gasteiger partial charge on any atom is 0.130 e. The van der Waals surface area contributed by atoms with Crippen molar-refractivity contribution in [1.82, 2.24) is 19.7 Å². The summed E-state index contributed by atoms with van der Waals surface area (Å²) in [5.74, 6) is 0.863. The second-order valence-corrected chi connectivity index (χ2v) is 6.52. The number of nitrogens with zero attached hydrogens (tertiary/aromatic N) is 4. The van der Waals surface area contributed by atoms with Crippen molar-refractivity contribution in [2.24, 2.45) is 0 Å². The molecule has 0 bridgehead atoms. The zero-order chi connectivity index (χ0) is 18.4. The smallest absolute Gasteiger partial charge is 0.130 e. The van der Waals surface area contributed by atoms with Crippen molar-refractivity contribution in [3.63, 3.8) is 0 Å². The van der Waals surface area contributed by atoms with Crippen molar-refractivity contribution in [3.8, 4) is 5.75 Å². The number of hydrogen-bond donors (Lipinski definition) is 0. The van der Waals surface area contributed by atoms with E-state index in [4.69, 9.17) is 4.74 Å². The lowest BCUT2D eigenvalue weighted by Crippen LogP contribution is -2.17. The Morgan fingerprint density at radius 3 is 2.54 bits per heavy atom. The zero-order valence-electron chi connectivity index (χ0n) is 15.7. The van der Waals surface area contributed by atoms with Gasteiger partial charge < -0.3 is 4.74 Å². The van der Waals surface area contributed by atoms with Crippen LogP contribution >= 0.6 is 0 Å². The van der Waals surface area contributed by atoms with Gasteiger partial charge in [-0.2, -0.15) is 5.10 Å². The first kappa shape index (κ1) is 18.1. The molecule has 0 aliphatic heterocycles. The summed E-state index contributed by atoms with van der Waals surface area (Å²) in [5, 5.41) is 4.51. The Kier molecular flexibility index (Phi) is 6.02. The first-order valence-electron chi connectivity index (χ1n) is 8.97. The van der Waals surface area contributed by atoms with E-state index in [1.54, 1.807) is 6.20 Å². The molecule has 0 spiro atoms. The standard InChI is InChI=1S/C21H26N4O/c1-4-25-15-19(17(2)23-25)14-24(3)13-18-8-10-21(11-9-18)26-16-20-7-5-6-12-22-20/h5-12,15H,4,13-14,16H2,1-3H3. The van der Waals surface area contributed by atoms with Gasteiger partial charge in [-0.25, -0.2) is 0 Å². The van der Waals surface area contributed by atoms with Gasteiger partial charge in [-0.3, -0.25) is 14.6 Å². The van der Waals surface area contributed by atoms with Gasteiger partial charge in [0.1, 0.15) is 12.4 Å². The molecule has 0 amide bonds. The van der Waals surface area contributed by atoms with E-state index >= 15 is 0 Å². The molecule has 0 aliphatic rings. The predicted octanol–water partition coefficient (Wildman–Crippen LogP) is 3.82. The van der Waals surface area contributed by atoms with Crippen LogP contribution in [-0.2, 0) is 26.2 Å². The van der Waals surface area contributed by atoms with Crippen LogP contribution < -0.4 is 4.74 Å². The highest BCUT2D eigenvalue weighted by molar-refractivity contribution is 5.27. The van der Waals surface area contributed by atoms with Gasteiger partial charge in [-0.05, 0) is 50.7 Å². The largest absolute Gasteiger partial charge is 0.487 e. The third kappa shape index (κ3) is 4.92. The van der Waals surface area contributed by atoms with Crippen molar-refractivity contribution in [3.05, 3.63) is 77.4 Å². The van der Waals surface area contributed by atoms with E-state index in [2.05, 4.69) is 54.2 Å². The highest BCUT2D eigenvalue weighted by Crippen LogP contribution is 2.16. The van der Waals surface area contributed by atoms with E-state index in [1.165, 1.54) is 11.1 Å². The van der Waals surface area contributed by atoms with Gasteiger partial charge in [0.05, 0.1) is 11.4 Å². The Balaban J connectivity index is 1.52. The van der Waals surface area contributed by atoms with Gasteiger partial charge >= 0.3 is 0 Å². The second kappa shape index (κ2) is 8.63. The van der Waals surface area contributed by atoms with Gasteiger partial charge in [-0.1, -0.05) is 18.2 Å². The molecule has 0 unspecified atom stereocenters. The molecule has 0 saturated heterocycles. The summed E-state index contributed by atoms with van der Waals surface area (Å²) >= 11 is 0. The van der Waals surface area contributed by atoms with E-state index in [9.17, 15) is 0 Å². The predicted molar refractivity (Wildman–Crippen MR) is 103 cm³/mol. The summed E-state index contributed by atoms with van der Waals surface area (Å²) < 4.78 is 7.78. The van der Waals surface area contributed by atoms with Crippen molar-refractivity contribution in [1.29, 1.82) is 0 Å². The van der Waals surface area contributed by atoms with Crippen LogP contribution in [0.15, 0.2) is 54.9 Å². The van der Waals surface area contributed by atoms with Gasteiger partial charge in [0.2, 0.25) is 0 Å². The third-order valence-corrected chi connectivity index (χ3v) is 4.30.